The van der Waals surface area contributed by atoms with Gasteiger partial charge in [-0.05, 0) is 56.0 Å². The number of hydrogen-bond acceptors (Lipinski definition) is 4. The van der Waals surface area contributed by atoms with Crippen LogP contribution in [0.2, 0.25) is 0 Å². The van der Waals surface area contributed by atoms with Gasteiger partial charge in [-0.3, -0.25) is 4.79 Å². The summed E-state index contributed by atoms with van der Waals surface area (Å²) in [5.41, 5.74) is 5.27. The van der Waals surface area contributed by atoms with E-state index in [1.54, 1.807) is 0 Å². The van der Waals surface area contributed by atoms with Gasteiger partial charge < -0.3 is 15.4 Å². The lowest BCUT2D eigenvalue weighted by Crippen LogP contribution is -2.28. The van der Waals surface area contributed by atoms with Gasteiger partial charge in [-0.25, -0.2) is 0 Å². The summed E-state index contributed by atoms with van der Waals surface area (Å²) in [4.78, 5) is 12.2. The van der Waals surface area contributed by atoms with E-state index in [9.17, 15) is 4.79 Å². The van der Waals surface area contributed by atoms with Crippen LogP contribution in [0.25, 0.3) is 0 Å². The number of carbonyl (C=O) groups excluding carboxylic acids is 1. The van der Waals surface area contributed by atoms with Crippen LogP contribution in [0.15, 0.2) is 36.4 Å². The zero-order valence-corrected chi connectivity index (χ0v) is 16.3. The van der Waals surface area contributed by atoms with Crippen molar-refractivity contribution in [3.8, 4) is 11.8 Å². The minimum Gasteiger partial charge on any atom is -0.494 e. The average Bonchev–Trinajstić information content (AvgIpc) is 2.62. The molecule has 0 aromatic heterocycles. The van der Waals surface area contributed by atoms with Gasteiger partial charge in [-0.2, -0.15) is 5.26 Å². The molecule has 0 fully saturated rings. The van der Waals surface area contributed by atoms with Crippen LogP contribution in [0.5, 0.6) is 5.75 Å². The number of nitrogens with zero attached hydrogens (tertiary/aromatic N) is 1. The largest absolute Gasteiger partial charge is 0.494 e. The molecule has 27 heavy (non-hydrogen) atoms. The highest BCUT2D eigenvalue weighted by Gasteiger charge is 2.08. The van der Waals surface area contributed by atoms with Gasteiger partial charge in [0.15, 0.2) is 0 Å². The van der Waals surface area contributed by atoms with Gasteiger partial charge >= 0.3 is 0 Å². The fourth-order valence-electron chi connectivity index (χ4n) is 2.97. The molecule has 1 amide bonds. The molecule has 2 rings (SSSR count). The summed E-state index contributed by atoms with van der Waals surface area (Å²) in [6.45, 7) is 7.40. The van der Waals surface area contributed by atoms with Crippen molar-refractivity contribution in [2.75, 3.05) is 18.5 Å². The second-order valence-corrected chi connectivity index (χ2v) is 6.68. The molecule has 0 bridgehead atoms. The molecule has 0 aliphatic carbocycles. The molecule has 0 saturated carbocycles. The first-order valence-corrected chi connectivity index (χ1v) is 9.16. The first kappa shape index (κ1) is 20.5. The maximum atomic E-state index is 12.2. The molecular formula is C22H27N3O2. The Bertz CT molecular complexity index is 802. The number of unbranched alkanes of at least 4 members (excludes halogenated alkanes) is 1. The van der Waals surface area contributed by atoms with Crippen molar-refractivity contribution in [1.29, 1.82) is 5.26 Å². The second kappa shape index (κ2) is 10.3. The number of amides is 1. The molecule has 2 aromatic rings. The van der Waals surface area contributed by atoms with E-state index in [0.717, 1.165) is 34.5 Å². The number of nitrogens with one attached hydrogen (secondary N) is 2. The molecule has 5 heteroatoms. The van der Waals surface area contributed by atoms with E-state index in [1.165, 1.54) is 5.56 Å². The molecule has 2 aromatic carbocycles. The van der Waals surface area contributed by atoms with Gasteiger partial charge in [0.1, 0.15) is 5.75 Å². The molecule has 0 unspecified atom stereocenters. The van der Waals surface area contributed by atoms with Crippen molar-refractivity contribution in [3.63, 3.8) is 0 Å². The summed E-state index contributed by atoms with van der Waals surface area (Å²) in [5, 5.41) is 14.7. The van der Waals surface area contributed by atoms with Crippen molar-refractivity contribution < 1.29 is 9.53 Å². The molecule has 0 aliphatic heterocycles. The maximum Gasteiger partial charge on any atom is 0.238 e. The number of hydrogen-bond donors (Lipinski definition) is 2. The first-order chi connectivity index (χ1) is 13.0. The summed E-state index contributed by atoms with van der Waals surface area (Å²) in [6.07, 6.45) is 1.22. The monoisotopic (exact) mass is 365 g/mol. The van der Waals surface area contributed by atoms with Gasteiger partial charge in [0.2, 0.25) is 5.91 Å². The third kappa shape index (κ3) is 6.76. The quantitative estimate of drug-likeness (QED) is 0.658. The molecule has 0 saturated heterocycles. The Morgan fingerprint density at radius 2 is 1.89 bits per heavy atom. The number of aryl methyl sites for hydroxylation is 3. The molecule has 0 aliphatic rings. The van der Waals surface area contributed by atoms with Crippen molar-refractivity contribution in [3.05, 3.63) is 58.7 Å². The van der Waals surface area contributed by atoms with Gasteiger partial charge in [0.25, 0.3) is 0 Å². The SMILES string of the molecule is Cc1cc(C)c(NC(=O)CNCc2cccc(OCCCC#N)c2)c(C)c1. The highest BCUT2D eigenvalue weighted by Crippen LogP contribution is 2.21. The van der Waals surface area contributed by atoms with E-state index in [0.29, 0.717) is 19.6 Å². The van der Waals surface area contributed by atoms with E-state index in [2.05, 4.69) is 35.8 Å². The van der Waals surface area contributed by atoms with E-state index < -0.39 is 0 Å². The maximum absolute atomic E-state index is 12.2. The van der Waals surface area contributed by atoms with Crippen LogP contribution in [0.4, 0.5) is 5.69 Å². The number of nitriles is 1. The molecule has 0 atom stereocenters. The van der Waals surface area contributed by atoms with Crippen molar-refractivity contribution >= 4 is 11.6 Å². The van der Waals surface area contributed by atoms with E-state index in [4.69, 9.17) is 10.00 Å². The summed E-state index contributed by atoms with van der Waals surface area (Å²) in [7, 11) is 0. The van der Waals surface area contributed by atoms with E-state index in [-0.39, 0.29) is 12.5 Å². The highest BCUT2D eigenvalue weighted by atomic mass is 16.5. The Morgan fingerprint density at radius 3 is 2.59 bits per heavy atom. The molecule has 0 heterocycles. The lowest BCUT2D eigenvalue weighted by atomic mass is 10.1. The summed E-state index contributed by atoms with van der Waals surface area (Å²) >= 11 is 0. The summed E-state index contributed by atoms with van der Waals surface area (Å²) in [6, 6.07) is 14.0. The van der Waals surface area contributed by atoms with Crippen molar-refractivity contribution in [1.82, 2.24) is 5.32 Å². The van der Waals surface area contributed by atoms with Gasteiger partial charge in [-0.15, -0.1) is 0 Å². The third-order valence-corrected chi connectivity index (χ3v) is 4.16. The number of ether oxygens (including phenoxy) is 1. The zero-order chi connectivity index (χ0) is 19.6. The van der Waals surface area contributed by atoms with Crippen LogP contribution in [-0.2, 0) is 11.3 Å². The van der Waals surface area contributed by atoms with Crippen molar-refractivity contribution in [2.45, 2.75) is 40.2 Å². The van der Waals surface area contributed by atoms with Gasteiger partial charge in [-0.1, -0.05) is 29.8 Å². The number of anilines is 1. The molecule has 0 radical (unpaired) electrons. The lowest BCUT2D eigenvalue weighted by Gasteiger charge is -2.13. The van der Waals surface area contributed by atoms with E-state index >= 15 is 0 Å². The predicted molar refractivity (Wildman–Crippen MR) is 108 cm³/mol. The predicted octanol–water partition coefficient (Wildman–Crippen LogP) is 4.02. The van der Waals surface area contributed by atoms with Crippen LogP contribution in [0.1, 0.15) is 35.1 Å². The zero-order valence-electron chi connectivity index (χ0n) is 16.3. The summed E-state index contributed by atoms with van der Waals surface area (Å²) in [5.74, 6) is 0.719. The van der Waals surface area contributed by atoms with E-state index in [1.807, 2.05) is 38.1 Å². The topological polar surface area (TPSA) is 74.2 Å². The number of carbonyl (C=O) groups is 1. The number of rotatable bonds is 9. The van der Waals surface area contributed by atoms with Crippen LogP contribution in [0, 0.1) is 32.1 Å². The Hall–Kier alpha value is -2.84. The molecule has 2 N–H and O–H groups in total. The van der Waals surface area contributed by atoms with Gasteiger partial charge in [0, 0.05) is 18.7 Å². The molecular weight excluding hydrogens is 338 g/mol. The Kier molecular flexibility index (Phi) is 7.84. The Morgan fingerprint density at radius 1 is 1.15 bits per heavy atom. The normalized spacial score (nSPS) is 10.3. The Balaban J connectivity index is 1.81. The third-order valence-electron chi connectivity index (χ3n) is 4.16. The minimum atomic E-state index is -0.0611. The van der Waals surface area contributed by atoms with Crippen LogP contribution < -0.4 is 15.4 Å². The molecule has 142 valence electrons. The van der Waals surface area contributed by atoms with Crippen LogP contribution in [0.3, 0.4) is 0 Å². The van der Waals surface area contributed by atoms with Gasteiger partial charge in [0.05, 0.1) is 19.2 Å². The standard InChI is InChI=1S/C22H27N3O2/c1-16-11-17(2)22(18(3)12-16)25-21(26)15-24-14-19-7-6-8-20(13-19)27-10-5-4-9-23/h6-8,11-13,24H,4-5,10,14-15H2,1-3H3,(H,25,26). The smallest absolute Gasteiger partial charge is 0.238 e. The summed E-state index contributed by atoms with van der Waals surface area (Å²) < 4.78 is 5.63. The van der Waals surface area contributed by atoms with Crippen molar-refractivity contribution in [2.24, 2.45) is 0 Å². The fraction of sp³-hybridized carbons (Fsp3) is 0.364. The molecule has 5 nitrogen and oxygen atoms in total. The highest BCUT2D eigenvalue weighted by molar-refractivity contribution is 5.93. The average molecular weight is 365 g/mol. The fourth-order valence-corrected chi connectivity index (χ4v) is 2.97. The lowest BCUT2D eigenvalue weighted by molar-refractivity contribution is -0.115. The molecule has 0 spiro atoms. The first-order valence-electron chi connectivity index (χ1n) is 9.16. The van der Waals surface area contributed by atoms with Crippen LogP contribution >= 0.6 is 0 Å². The number of benzene rings is 2. The second-order valence-electron chi connectivity index (χ2n) is 6.68. The Labute approximate surface area is 161 Å². The minimum absolute atomic E-state index is 0.0611. The van der Waals surface area contributed by atoms with Crippen LogP contribution in [-0.4, -0.2) is 19.1 Å².